The Bertz CT molecular complexity index is 823. The standard InChI is InChI=1S/C26H35NO3/c1-25-12-10-19(30-24(29)17-5-4-14-27-16-17)15-18(25)8-9-20-21-6-3-7-23(28)26(21,2)13-11-22(20)25/h4-5,14,16,18-22H,3,6-13,15H2,1-2H3. The average Bonchev–Trinajstić information content (AvgIpc) is 2.75. The van der Waals surface area contributed by atoms with E-state index in [2.05, 4.69) is 18.8 Å². The van der Waals surface area contributed by atoms with E-state index in [4.69, 9.17) is 4.74 Å². The molecule has 7 unspecified atom stereocenters. The summed E-state index contributed by atoms with van der Waals surface area (Å²) in [5, 5.41) is 0. The van der Waals surface area contributed by atoms with Crippen LogP contribution in [-0.4, -0.2) is 22.8 Å². The number of esters is 1. The van der Waals surface area contributed by atoms with Gasteiger partial charge in [0.25, 0.3) is 0 Å². The van der Waals surface area contributed by atoms with Gasteiger partial charge in [0.05, 0.1) is 5.56 Å². The molecule has 1 aromatic heterocycles. The molecule has 4 nitrogen and oxygen atoms in total. The third kappa shape index (κ3) is 3.13. The minimum Gasteiger partial charge on any atom is -0.459 e. The van der Waals surface area contributed by atoms with E-state index in [0.717, 1.165) is 44.4 Å². The van der Waals surface area contributed by atoms with E-state index in [1.165, 1.54) is 25.7 Å². The second-order valence-corrected chi connectivity index (χ2v) is 11.0. The van der Waals surface area contributed by atoms with Gasteiger partial charge in [0, 0.05) is 24.2 Å². The summed E-state index contributed by atoms with van der Waals surface area (Å²) >= 11 is 0. The molecule has 0 amide bonds. The summed E-state index contributed by atoms with van der Waals surface area (Å²) in [6.07, 6.45) is 14.3. The summed E-state index contributed by atoms with van der Waals surface area (Å²) in [7, 11) is 0. The van der Waals surface area contributed by atoms with Crippen molar-refractivity contribution in [2.75, 3.05) is 0 Å². The fourth-order valence-corrected chi connectivity index (χ4v) is 8.00. The summed E-state index contributed by atoms with van der Waals surface area (Å²) in [4.78, 5) is 29.3. The lowest BCUT2D eigenvalue weighted by atomic mass is 9.43. The highest BCUT2D eigenvalue weighted by Crippen LogP contribution is 2.64. The number of pyridine rings is 1. The molecule has 5 rings (SSSR count). The van der Waals surface area contributed by atoms with Crippen LogP contribution in [0, 0.1) is 34.5 Å². The Morgan fingerprint density at radius 1 is 1.10 bits per heavy atom. The fourth-order valence-electron chi connectivity index (χ4n) is 8.00. The zero-order valence-corrected chi connectivity index (χ0v) is 18.4. The van der Waals surface area contributed by atoms with Gasteiger partial charge >= 0.3 is 5.97 Å². The molecular weight excluding hydrogens is 374 g/mol. The van der Waals surface area contributed by atoms with E-state index in [0.29, 0.717) is 34.5 Å². The molecule has 4 heteroatoms. The number of nitrogens with zero attached hydrogens (tertiary/aromatic N) is 1. The van der Waals surface area contributed by atoms with Crippen LogP contribution in [-0.2, 0) is 9.53 Å². The predicted molar refractivity (Wildman–Crippen MR) is 115 cm³/mol. The topological polar surface area (TPSA) is 56.3 Å². The van der Waals surface area contributed by atoms with E-state index in [1.54, 1.807) is 24.5 Å². The quantitative estimate of drug-likeness (QED) is 0.596. The van der Waals surface area contributed by atoms with Crippen molar-refractivity contribution in [1.29, 1.82) is 0 Å². The van der Waals surface area contributed by atoms with Crippen molar-refractivity contribution in [3.63, 3.8) is 0 Å². The van der Waals surface area contributed by atoms with Gasteiger partial charge in [-0.15, -0.1) is 0 Å². The number of ether oxygens (including phenoxy) is 1. The van der Waals surface area contributed by atoms with Crippen molar-refractivity contribution in [2.24, 2.45) is 34.5 Å². The van der Waals surface area contributed by atoms with Crippen LogP contribution in [0.15, 0.2) is 24.5 Å². The number of carbonyl (C=O) groups excluding carboxylic acids is 2. The second kappa shape index (κ2) is 7.46. The number of hydrogen-bond acceptors (Lipinski definition) is 4. The molecular formula is C26H35NO3. The highest BCUT2D eigenvalue weighted by Gasteiger charge is 2.59. The molecule has 0 saturated heterocycles. The van der Waals surface area contributed by atoms with E-state index in [-0.39, 0.29) is 17.5 Å². The van der Waals surface area contributed by atoms with E-state index < -0.39 is 0 Å². The molecule has 0 spiro atoms. The van der Waals surface area contributed by atoms with Crippen LogP contribution in [0.25, 0.3) is 0 Å². The van der Waals surface area contributed by atoms with E-state index in [1.807, 2.05) is 0 Å². The van der Waals surface area contributed by atoms with Gasteiger partial charge < -0.3 is 4.74 Å². The molecule has 4 aliphatic rings. The summed E-state index contributed by atoms with van der Waals surface area (Å²) in [5.41, 5.74) is 0.823. The van der Waals surface area contributed by atoms with Gasteiger partial charge in [-0.2, -0.15) is 0 Å². The summed E-state index contributed by atoms with van der Waals surface area (Å²) in [5.74, 6) is 2.97. The second-order valence-electron chi connectivity index (χ2n) is 11.0. The van der Waals surface area contributed by atoms with Crippen LogP contribution in [0.5, 0.6) is 0 Å². The highest BCUT2D eigenvalue weighted by molar-refractivity contribution is 5.89. The maximum Gasteiger partial charge on any atom is 0.339 e. The molecule has 0 radical (unpaired) electrons. The van der Waals surface area contributed by atoms with Gasteiger partial charge in [-0.05, 0) is 99.0 Å². The van der Waals surface area contributed by atoms with Gasteiger partial charge in [0.1, 0.15) is 11.9 Å². The molecule has 7 atom stereocenters. The number of fused-ring (bicyclic) bond motifs is 5. The van der Waals surface area contributed by atoms with Crippen molar-refractivity contribution in [2.45, 2.75) is 84.2 Å². The SMILES string of the molecule is CC12CCC3C(CCC4CC(OC(=O)c5cccnc5)CCC43C)C1CCCC2=O. The molecule has 1 heterocycles. The van der Waals surface area contributed by atoms with Crippen LogP contribution >= 0.6 is 0 Å². The minimum absolute atomic E-state index is 0.0254. The lowest BCUT2D eigenvalue weighted by Crippen LogP contribution is -2.56. The first-order chi connectivity index (χ1) is 14.4. The largest absolute Gasteiger partial charge is 0.459 e. The lowest BCUT2D eigenvalue weighted by molar-refractivity contribution is -0.158. The number of Topliss-reactive ketones (excluding diaryl/α,β-unsaturated/α-hetero) is 1. The Hall–Kier alpha value is -1.71. The molecule has 0 aromatic carbocycles. The smallest absolute Gasteiger partial charge is 0.339 e. The Kier molecular flexibility index (Phi) is 5.02. The van der Waals surface area contributed by atoms with Crippen molar-refractivity contribution < 1.29 is 14.3 Å². The van der Waals surface area contributed by atoms with Crippen molar-refractivity contribution in [3.8, 4) is 0 Å². The zero-order valence-electron chi connectivity index (χ0n) is 18.4. The number of carbonyl (C=O) groups is 2. The first-order valence-corrected chi connectivity index (χ1v) is 12.1. The molecule has 0 N–H and O–H groups in total. The van der Waals surface area contributed by atoms with Crippen molar-refractivity contribution in [1.82, 2.24) is 4.98 Å². The average molecular weight is 410 g/mol. The number of rotatable bonds is 2. The summed E-state index contributed by atoms with van der Waals surface area (Å²) in [6.45, 7) is 4.79. The molecule has 4 saturated carbocycles. The first kappa shape index (κ1) is 20.2. The summed E-state index contributed by atoms with van der Waals surface area (Å²) < 4.78 is 5.90. The number of ketones is 1. The van der Waals surface area contributed by atoms with Crippen LogP contribution in [0.3, 0.4) is 0 Å². The predicted octanol–water partition coefficient (Wildman–Crippen LogP) is 5.61. The number of hydrogen-bond donors (Lipinski definition) is 0. The maximum absolute atomic E-state index is 12.8. The lowest BCUT2D eigenvalue weighted by Gasteiger charge is -2.62. The summed E-state index contributed by atoms with van der Waals surface area (Å²) in [6, 6.07) is 3.56. The van der Waals surface area contributed by atoms with Crippen LogP contribution in [0.1, 0.15) is 88.4 Å². The third-order valence-corrected chi connectivity index (χ3v) is 9.73. The number of aromatic nitrogens is 1. The van der Waals surface area contributed by atoms with E-state index in [9.17, 15) is 9.59 Å². The van der Waals surface area contributed by atoms with Crippen molar-refractivity contribution in [3.05, 3.63) is 30.1 Å². The Balaban J connectivity index is 1.29. The van der Waals surface area contributed by atoms with Gasteiger partial charge in [0.15, 0.2) is 0 Å². The van der Waals surface area contributed by atoms with E-state index >= 15 is 0 Å². The molecule has 1 aromatic rings. The molecule has 162 valence electrons. The maximum atomic E-state index is 12.8. The molecule has 0 aliphatic heterocycles. The first-order valence-electron chi connectivity index (χ1n) is 12.1. The Labute approximate surface area is 180 Å². The zero-order chi connectivity index (χ0) is 20.9. The molecule has 4 aliphatic carbocycles. The minimum atomic E-state index is -0.237. The van der Waals surface area contributed by atoms with Gasteiger partial charge in [-0.25, -0.2) is 4.79 Å². The molecule has 4 fully saturated rings. The molecule has 0 bridgehead atoms. The van der Waals surface area contributed by atoms with Crippen LogP contribution < -0.4 is 0 Å². The fraction of sp³-hybridized carbons (Fsp3) is 0.731. The van der Waals surface area contributed by atoms with Gasteiger partial charge in [-0.1, -0.05) is 13.8 Å². The highest BCUT2D eigenvalue weighted by atomic mass is 16.5. The Morgan fingerprint density at radius 2 is 1.97 bits per heavy atom. The van der Waals surface area contributed by atoms with Crippen molar-refractivity contribution >= 4 is 11.8 Å². The van der Waals surface area contributed by atoms with Gasteiger partial charge in [0.2, 0.25) is 0 Å². The Morgan fingerprint density at radius 3 is 2.77 bits per heavy atom. The third-order valence-electron chi connectivity index (χ3n) is 9.73. The van der Waals surface area contributed by atoms with Crippen LogP contribution in [0.2, 0.25) is 0 Å². The van der Waals surface area contributed by atoms with Gasteiger partial charge in [-0.3, -0.25) is 9.78 Å². The molecule has 30 heavy (non-hydrogen) atoms. The monoisotopic (exact) mass is 409 g/mol. The normalized spacial score (nSPS) is 43.1. The van der Waals surface area contributed by atoms with Crippen LogP contribution in [0.4, 0.5) is 0 Å².